The predicted molar refractivity (Wildman–Crippen MR) is 58.8 cm³/mol. The van der Waals surface area contributed by atoms with E-state index in [9.17, 15) is 5.11 Å². The number of aliphatic hydroxyl groups excluding tert-OH is 1. The molecule has 1 saturated carbocycles. The Labute approximate surface area is 92.1 Å². The molecule has 1 N–H and O–H groups in total. The van der Waals surface area contributed by atoms with Gasteiger partial charge in [-0.2, -0.15) is 4.37 Å². The van der Waals surface area contributed by atoms with Crippen molar-refractivity contribution in [2.45, 2.75) is 48.3 Å². The number of aryl methyl sites for hydroxylation is 1. The zero-order valence-corrected chi connectivity index (χ0v) is 9.77. The standard InChI is InChI=1S/C9H14N2OS2/c1-2-8-10-9(14-11-8)13-7-5-3-4-6(7)12/h6-7,12H,2-5H2,1H3. The summed E-state index contributed by atoms with van der Waals surface area (Å²) in [5.41, 5.74) is 0. The van der Waals surface area contributed by atoms with Crippen LogP contribution in [0.2, 0.25) is 0 Å². The summed E-state index contributed by atoms with van der Waals surface area (Å²) in [5.74, 6) is 0.921. The molecule has 1 fully saturated rings. The molecule has 1 aliphatic rings. The van der Waals surface area contributed by atoms with Crippen molar-refractivity contribution in [2.24, 2.45) is 0 Å². The van der Waals surface area contributed by atoms with Crippen molar-refractivity contribution in [3.05, 3.63) is 5.82 Å². The number of hydrogen-bond acceptors (Lipinski definition) is 5. The Kier molecular flexibility index (Phi) is 3.41. The molecule has 5 heteroatoms. The molecule has 1 aromatic rings. The van der Waals surface area contributed by atoms with Crippen LogP contribution in [0.5, 0.6) is 0 Å². The largest absolute Gasteiger partial charge is 0.392 e. The summed E-state index contributed by atoms with van der Waals surface area (Å²) in [7, 11) is 0. The lowest BCUT2D eigenvalue weighted by molar-refractivity contribution is 0.188. The van der Waals surface area contributed by atoms with Gasteiger partial charge < -0.3 is 5.11 Å². The summed E-state index contributed by atoms with van der Waals surface area (Å²) < 4.78 is 5.24. The van der Waals surface area contributed by atoms with Crippen LogP contribution in [0.15, 0.2) is 4.34 Å². The fourth-order valence-corrected chi connectivity index (χ4v) is 3.75. The number of aromatic nitrogens is 2. The molecule has 78 valence electrons. The van der Waals surface area contributed by atoms with E-state index >= 15 is 0 Å². The third-order valence-electron chi connectivity index (χ3n) is 2.44. The number of rotatable bonds is 3. The van der Waals surface area contributed by atoms with Crippen LogP contribution >= 0.6 is 23.3 Å². The molecule has 3 nitrogen and oxygen atoms in total. The molecule has 0 aliphatic heterocycles. The minimum atomic E-state index is -0.144. The third kappa shape index (κ3) is 2.27. The Morgan fingerprint density at radius 3 is 3.00 bits per heavy atom. The van der Waals surface area contributed by atoms with Crippen LogP contribution in [-0.4, -0.2) is 25.8 Å². The SMILES string of the molecule is CCc1nsc(SC2CCCC2O)n1. The highest BCUT2D eigenvalue weighted by molar-refractivity contribution is 8.01. The van der Waals surface area contributed by atoms with Gasteiger partial charge in [-0.25, -0.2) is 4.98 Å². The first-order valence-electron chi connectivity index (χ1n) is 4.97. The van der Waals surface area contributed by atoms with Crippen LogP contribution in [0, 0.1) is 0 Å². The van der Waals surface area contributed by atoms with Crippen molar-refractivity contribution >= 4 is 23.3 Å². The number of nitrogens with zero attached hydrogens (tertiary/aromatic N) is 2. The van der Waals surface area contributed by atoms with E-state index in [0.29, 0.717) is 5.25 Å². The lowest BCUT2D eigenvalue weighted by Gasteiger charge is -2.10. The van der Waals surface area contributed by atoms with Crippen LogP contribution in [0.3, 0.4) is 0 Å². The fourth-order valence-electron chi connectivity index (χ4n) is 1.60. The molecule has 2 rings (SSSR count). The molecule has 0 amide bonds. The molecule has 0 spiro atoms. The second-order valence-electron chi connectivity index (χ2n) is 3.48. The summed E-state index contributed by atoms with van der Waals surface area (Å²) in [4.78, 5) is 4.39. The third-order valence-corrected chi connectivity index (χ3v) is 4.64. The van der Waals surface area contributed by atoms with E-state index in [4.69, 9.17) is 0 Å². The Bertz CT molecular complexity index is 303. The summed E-state index contributed by atoms with van der Waals surface area (Å²) in [6.45, 7) is 2.06. The van der Waals surface area contributed by atoms with Gasteiger partial charge in [0.15, 0.2) is 4.34 Å². The average molecular weight is 230 g/mol. The van der Waals surface area contributed by atoms with Gasteiger partial charge in [-0.1, -0.05) is 18.7 Å². The van der Waals surface area contributed by atoms with Crippen LogP contribution in [0.4, 0.5) is 0 Å². The fraction of sp³-hybridized carbons (Fsp3) is 0.778. The highest BCUT2D eigenvalue weighted by Gasteiger charge is 2.27. The van der Waals surface area contributed by atoms with Gasteiger partial charge in [0.2, 0.25) is 0 Å². The van der Waals surface area contributed by atoms with Crippen LogP contribution in [0.1, 0.15) is 32.0 Å². The summed E-state index contributed by atoms with van der Waals surface area (Å²) in [5, 5.41) is 9.99. The van der Waals surface area contributed by atoms with Crippen molar-refractivity contribution in [3.63, 3.8) is 0 Å². The second-order valence-corrected chi connectivity index (χ2v) is 5.72. The van der Waals surface area contributed by atoms with Gasteiger partial charge in [0.25, 0.3) is 0 Å². The van der Waals surface area contributed by atoms with Crippen molar-refractivity contribution in [1.82, 2.24) is 9.36 Å². The average Bonchev–Trinajstić information content (AvgIpc) is 2.77. The topological polar surface area (TPSA) is 46.0 Å². The van der Waals surface area contributed by atoms with Gasteiger partial charge in [0.1, 0.15) is 5.82 Å². The molecule has 1 aliphatic carbocycles. The summed E-state index contributed by atoms with van der Waals surface area (Å²) >= 11 is 3.14. The maximum atomic E-state index is 9.65. The highest BCUT2D eigenvalue weighted by atomic mass is 32.2. The van der Waals surface area contributed by atoms with Gasteiger partial charge in [0.05, 0.1) is 6.10 Å². The van der Waals surface area contributed by atoms with Gasteiger partial charge >= 0.3 is 0 Å². The molecular weight excluding hydrogens is 216 g/mol. The normalized spacial score (nSPS) is 27.0. The number of aliphatic hydroxyl groups is 1. The molecule has 2 atom stereocenters. The second kappa shape index (κ2) is 4.59. The molecule has 1 heterocycles. The highest BCUT2D eigenvalue weighted by Crippen LogP contribution is 2.35. The van der Waals surface area contributed by atoms with Crippen LogP contribution in [0.25, 0.3) is 0 Å². The maximum Gasteiger partial charge on any atom is 0.170 e. The van der Waals surface area contributed by atoms with E-state index in [1.807, 2.05) is 0 Å². The zero-order chi connectivity index (χ0) is 9.97. The van der Waals surface area contributed by atoms with Crippen LogP contribution < -0.4 is 0 Å². The molecule has 1 aromatic heterocycles. The predicted octanol–water partition coefficient (Wildman–Crippen LogP) is 2.11. The smallest absolute Gasteiger partial charge is 0.170 e. The number of hydrogen-bond donors (Lipinski definition) is 1. The maximum absolute atomic E-state index is 9.65. The summed E-state index contributed by atoms with van der Waals surface area (Å²) in [6, 6.07) is 0. The lowest BCUT2D eigenvalue weighted by Crippen LogP contribution is -2.14. The van der Waals surface area contributed by atoms with Gasteiger partial charge in [-0.15, -0.1) is 0 Å². The first kappa shape index (κ1) is 10.4. The van der Waals surface area contributed by atoms with Gasteiger partial charge in [0, 0.05) is 11.7 Å². The lowest BCUT2D eigenvalue weighted by atomic mass is 10.3. The molecule has 0 saturated heterocycles. The van der Waals surface area contributed by atoms with Gasteiger partial charge in [-0.3, -0.25) is 0 Å². The van der Waals surface area contributed by atoms with Crippen molar-refractivity contribution in [1.29, 1.82) is 0 Å². The molecule has 0 aromatic carbocycles. The Hall–Kier alpha value is -0.130. The minimum absolute atomic E-state index is 0.144. The van der Waals surface area contributed by atoms with Crippen LogP contribution in [-0.2, 0) is 6.42 Å². The molecule has 0 bridgehead atoms. The van der Waals surface area contributed by atoms with E-state index in [1.165, 1.54) is 11.5 Å². The molecule has 0 radical (unpaired) electrons. The first-order chi connectivity index (χ1) is 6.79. The molecule has 14 heavy (non-hydrogen) atoms. The Morgan fingerprint density at radius 1 is 1.57 bits per heavy atom. The quantitative estimate of drug-likeness (QED) is 0.864. The van der Waals surface area contributed by atoms with E-state index in [1.54, 1.807) is 11.8 Å². The summed E-state index contributed by atoms with van der Waals surface area (Å²) in [6.07, 6.45) is 3.93. The molecular formula is C9H14N2OS2. The van der Waals surface area contributed by atoms with E-state index < -0.39 is 0 Å². The monoisotopic (exact) mass is 230 g/mol. The zero-order valence-electron chi connectivity index (χ0n) is 8.14. The van der Waals surface area contributed by atoms with Crippen molar-refractivity contribution in [3.8, 4) is 0 Å². The van der Waals surface area contributed by atoms with E-state index in [-0.39, 0.29) is 6.10 Å². The van der Waals surface area contributed by atoms with Crippen molar-refractivity contribution in [2.75, 3.05) is 0 Å². The number of thioether (sulfide) groups is 1. The Morgan fingerprint density at radius 2 is 2.43 bits per heavy atom. The minimum Gasteiger partial charge on any atom is -0.392 e. The van der Waals surface area contributed by atoms with E-state index in [0.717, 1.165) is 35.8 Å². The van der Waals surface area contributed by atoms with Gasteiger partial charge in [-0.05, 0) is 30.8 Å². The molecule has 2 unspecified atom stereocenters. The van der Waals surface area contributed by atoms with E-state index in [2.05, 4.69) is 16.3 Å². The first-order valence-corrected chi connectivity index (χ1v) is 6.62. The Balaban J connectivity index is 1.96. The van der Waals surface area contributed by atoms with Crippen molar-refractivity contribution < 1.29 is 5.11 Å².